The highest BCUT2D eigenvalue weighted by Crippen LogP contribution is 2.34. The number of aldehydes is 1. The zero-order chi connectivity index (χ0) is 11.1. The van der Waals surface area contributed by atoms with Crippen LogP contribution in [0.15, 0.2) is 28.0 Å². The first kappa shape index (κ1) is 10.0. The van der Waals surface area contributed by atoms with Gasteiger partial charge in [0.1, 0.15) is 12.1 Å². The van der Waals surface area contributed by atoms with Gasteiger partial charge in [-0.2, -0.15) is 0 Å². The van der Waals surface area contributed by atoms with E-state index in [-0.39, 0.29) is 16.2 Å². The van der Waals surface area contributed by atoms with Gasteiger partial charge in [-0.15, -0.1) is 0 Å². The third-order valence-electron chi connectivity index (χ3n) is 2.21. The van der Waals surface area contributed by atoms with Gasteiger partial charge in [-0.05, 0) is 23.8 Å². The van der Waals surface area contributed by atoms with E-state index in [0.29, 0.717) is 11.8 Å². The molecule has 0 aliphatic carbocycles. The van der Waals surface area contributed by atoms with Crippen molar-refractivity contribution in [2.75, 3.05) is 0 Å². The highest BCUT2D eigenvalue weighted by Gasteiger charge is 2.29. The Morgan fingerprint density at radius 2 is 2.07 bits per heavy atom. The van der Waals surface area contributed by atoms with Gasteiger partial charge in [0, 0.05) is 6.42 Å². The quantitative estimate of drug-likeness (QED) is 0.719. The molecule has 0 amide bonds. The third-order valence-corrected chi connectivity index (χ3v) is 4.12. The van der Waals surface area contributed by atoms with Gasteiger partial charge in [0.05, 0.1) is 9.80 Å². The molecule has 0 N–H and O–H groups in total. The van der Waals surface area contributed by atoms with Crippen molar-refractivity contribution in [2.24, 2.45) is 0 Å². The third kappa shape index (κ3) is 1.48. The molecule has 0 spiro atoms. The Morgan fingerprint density at radius 3 is 2.73 bits per heavy atom. The highest BCUT2D eigenvalue weighted by molar-refractivity contribution is 7.95. The number of fused-ring (bicyclic) bond motifs is 1. The molecule has 0 unspecified atom stereocenters. The molecule has 0 saturated carbocycles. The molecule has 0 bridgehead atoms. The van der Waals surface area contributed by atoms with Gasteiger partial charge < -0.3 is 4.79 Å². The van der Waals surface area contributed by atoms with E-state index in [1.54, 1.807) is 0 Å². The summed E-state index contributed by atoms with van der Waals surface area (Å²) in [6.07, 6.45) is 1.75. The summed E-state index contributed by atoms with van der Waals surface area (Å²) in [5.74, 6) is -0.599. The van der Waals surface area contributed by atoms with Crippen LogP contribution >= 0.6 is 0 Å². The van der Waals surface area contributed by atoms with Crippen LogP contribution in [0, 0.1) is 5.82 Å². The maximum Gasteiger partial charge on any atom is 0.203 e. The summed E-state index contributed by atoms with van der Waals surface area (Å²) in [5.41, 5.74) is 0.438. The van der Waals surface area contributed by atoms with Crippen molar-refractivity contribution in [2.45, 2.75) is 11.3 Å². The van der Waals surface area contributed by atoms with Crippen LogP contribution in [-0.4, -0.2) is 14.7 Å². The zero-order valence-corrected chi connectivity index (χ0v) is 8.42. The number of rotatable bonds is 2. The lowest BCUT2D eigenvalue weighted by molar-refractivity contribution is -0.107. The van der Waals surface area contributed by atoms with Gasteiger partial charge >= 0.3 is 0 Å². The first-order valence-corrected chi connectivity index (χ1v) is 5.73. The Balaban J connectivity index is 2.63. The number of sulfone groups is 1. The monoisotopic (exact) mass is 226 g/mol. The van der Waals surface area contributed by atoms with E-state index in [4.69, 9.17) is 0 Å². The van der Waals surface area contributed by atoms with E-state index in [1.807, 2.05) is 0 Å². The summed E-state index contributed by atoms with van der Waals surface area (Å²) in [6, 6.07) is 3.55. The number of carbonyl (C=O) groups is 1. The molecule has 2 rings (SSSR count). The van der Waals surface area contributed by atoms with Gasteiger partial charge in [0.15, 0.2) is 0 Å². The van der Waals surface area contributed by atoms with Crippen LogP contribution in [0.3, 0.4) is 0 Å². The minimum absolute atomic E-state index is 0.0260. The second-order valence-electron chi connectivity index (χ2n) is 3.17. The Morgan fingerprint density at radius 1 is 1.33 bits per heavy atom. The summed E-state index contributed by atoms with van der Waals surface area (Å²) in [7, 11) is -3.64. The average molecular weight is 226 g/mol. The van der Waals surface area contributed by atoms with Gasteiger partial charge in [-0.25, -0.2) is 12.8 Å². The molecule has 0 fully saturated rings. The Kier molecular flexibility index (Phi) is 2.19. The predicted octanol–water partition coefficient (Wildman–Crippen LogP) is 1.54. The molecule has 78 valence electrons. The molecule has 1 heterocycles. The smallest absolute Gasteiger partial charge is 0.203 e. The fraction of sp³-hybridized carbons (Fsp3) is 0.100. The van der Waals surface area contributed by atoms with E-state index < -0.39 is 15.7 Å². The van der Waals surface area contributed by atoms with Crippen molar-refractivity contribution in [3.8, 4) is 0 Å². The van der Waals surface area contributed by atoms with Crippen molar-refractivity contribution in [1.29, 1.82) is 0 Å². The normalized spacial score (nSPS) is 17.0. The fourth-order valence-electron chi connectivity index (χ4n) is 1.50. The first-order valence-electron chi connectivity index (χ1n) is 4.24. The van der Waals surface area contributed by atoms with Crippen molar-refractivity contribution in [3.63, 3.8) is 0 Å². The number of hydrogen-bond acceptors (Lipinski definition) is 3. The molecule has 0 radical (unpaired) electrons. The topological polar surface area (TPSA) is 51.2 Å². The van der Waals surface area contributed by atoms with Crippen molar-refractivity contribution >= 4 is 22.2 Å². The van der Waals surface area contributed by atoms with Crippen molar-refractivity contribution < 1.29 is 17.6 Å². The van der Waals surface area contributed by atoms with Crippen LogP contribution in [0.5, 0.6) is 0 Å². The minimum Gasteiger partial charge on any atom is -0.303 e. The molecule has 0 saturated heterocycles. The molecule has 0 atom stereocenters. The van der Waals surface area contributed by atoms with Crippen molar-refractivity contribution in [3.05, 3.63) is 34.5 Å². The number of benzene rings is 1. The van der Waals surface area contributed by atoms with Crippen LogP contribution in [-0.2, 0) is 14.6 Å². The molecule has 0 aromatic heterocycles. The van der Waals surface area contributed by atoms with Crippen LogP contribution in [0.4, 0.5) is 4.39 Å². The Hall–Kier alpha value is -1.49. The zero-order valence-electron chi connectivity index (χ0n) is 7.60. The standard InChI is InChI=1S/C10H7FO3S/c11-8-2-1-7-5-9(3-4-12)15(13,14)10(7)6-8/h1-2,4-6H,3H2. The highest BCUT2D eigenvalue weighted by atomic mass is 32.2. The van der Waals surface area contributed by atoms with Gasteiger partial charge in [-0.1, -0.05) is 6.07 Å². The summed E-state index contributed by atoms with van der Waals surface area (Å²) >= 11 is 0. The molecule has 5 heteroatoms. The lowest BCUT2D eigenvalue weighted by atomic mass is 10.2. The number of halogens is 1. The van der Waals surface area contributed by atoms with Crippen LogP contribution < -0.4 is 0 Å². The molecule has 1 aromatic carbocycles. The fourth-order valence-corrected chi connectivity index (χ4v) is 3.06. The van der Waals surface area contributed by atoms with E-state index >= 15 is 0 Å². The number of allylic oxidation sites excluding steroid dienone is 1. The van der Waals surface area contributed by atoms with E-state index in [2.05, 4.69) is 0 Å². The van der Waals surface area contributed by atoms with Gasteiger partial charge in [0.25, 0.3) is 0 Å². The number of carbonyl (C=O) groups excluding carboxylic acids is 1. The number of hydrogen-bond donors (Lipinski definition) is 0. The van der Waals surface area contributed by atoms with Crippen molar-refractivity contribution in [1.82, 2.24) is 0 Å². The summed E-state index contributed by atoms with van der Waals surface area (Å²) < 4.78 is 36.3. The molecule has 1 aliphatic rings. The molecule has 1 aromatic rings. The lowest BCUT2D eigenvalue weighted by Gasteiger charge is -2.00. The van der Waals surface area contributed by atoms with E-state index in [0.717, 1.165) is 6.07 Å². The molecular weight excluding hydrogens is 219 g/mol. The maximum absolute atomic E-state index is 12.9. The largest absolute Gasteiger partial charge is 0.303 e. The van der Waals surface area contributed by atoms with Crippen LogP contribution in [0.2, 0.25) is 0 Å². The Bertz CT molecular complexity index is 558. The van der Waals surface area contributed by atoms with E-state index in [1.165, 1.54) is 18.2 Å². The minimum atomic E-state index is -3.64. The molecular formula is C10H7FO3S. The second-order valence-corrected chi connectivity index (χ2v) is 5.14. The van der Waals surface area contributed by atoms with E-state index in [9.17, 15) is 17.6 Å². The van der Waals surface area contributed by atoms with Crippen LogP contribution in [0.25, 0.3) is 6.08 Å². The molecule has 15 heavy (non-hydrogen) atoms. The van der Waals surface area contributed by atoms with Crippen LogP contribution in [0.1, 0.15) is 12.0 Å². The molecule has 3 nitrogen and oxygen atoms in total. The Labute approximate surface area is 86.1 Å². The average Bonchev–Trinajstić information content (AvgIpc) is 2.41. The van der Waals surface area contributed by atoms with Gasteiger partial charge in [0.2, 0.25) is 9.84 Å². The molecule has 1 aliphatic heterocycles. The maximum atomic E-state index is 12.9. The van der Waals surface area contributed by atoms with Gasteiger partial charge in [-0.3, -0.25) is 0 Å². The second kappa shape index (κ2) is 3.27. The first-order chi connectivity index (χ1) is 7.05. The summed E-state index contributed by atoms with van der Waals surface area (Å²) in [4.78, 5) is 10.3. The summed E-state index contributed by atoms with van der Waals surface area (Å²) in [6.45, 7) is 0. The predicted molar refractivity (Wildman–Crippen MR) is 52.2 cm³/mol. The summed E-state index contributed by atoms with van der Waals surface area (Å²) in [5, 5.41) is 0. The lowest BCUT2D eigenvalue weighted by Crippen LogP contribution is -2.01. The SMILES string of the molecule is O=CCC1=Cc2ccc(F)cc2S1(=O)=O.